The van der Waals surface area contributed by atoms with Crippen molar-refractivity contribution in [3.05, 3.63) is 12.0 Å². The second-order valence-corrected chi connectivity index (χ2v) is 4.85. The van der Waals surface area contributed by atoms with Crippen molar-refractivity contribution < 1.29 is 0 Å². The van der Waals surface area contributed by atoms with E-state index < -0.39 is 0 Å². The fourth-order valence-corrected chi connectivity index (χ4v) is 2.49. The van der Waals surface area contributed by atoms with Crippen molar-refractivity contribution >= 4 is 5.82 Å². The maximum Gasteiger partial charge on any atom is 0.127 e. The van der Waals surface area contributed by atoms with Crippen LogP contribution in [0.4, 0.5) is 5.82 Å². The molecule has 3 nitrogen and oxygen atoms in total. The van der Waals surface area contributed by atoms with Crippen molar-refractivity contribution in [3.8, 4) is 0 Å². The van der Waals surface area contributed by atoms with Crippen LogP contribution < -0.4 is 5.73 Å². The van der Waals surface area contributed by atoms with E-state index in [-0.39, 0.29) is 0 Å². The lowest BCUT2D eigenvalue weighted by Crippen LogP contribution is -2.10. The summed E-state index contributed by atoms with van der Waals surface area (Å²) in [6.45, 7) is 4.28. The van der Waals surface area contributed by atoms with Gasteiger partial charge >= 0.3 is 0 Å². The summed E-state index contributed by atoms with van der Waals surface area (Å²) in [6.07, 6.45) is 8.46. The van der Waals surface area contributed by atoms with Gasteiger partial charge in [-0.2, -0.15) is 0 Å². The van der Waals surface area contributed by atoms with Gasteiger partial charge < -0.3 is 10.3 Å². The highest BCUT2D eigenvalue weighted by Gasteiger charge is 2.21. The van der Waals surface area contributed by atoms with Crippen LogP contribution in [0, 0.1) is 0 Å². The highest BCUT2D eigenvalue weighted by atomic mass is 15.1. The van der Waals surface area contributed by atoms with Gasteiger partial charge in [-0.1, -0.05) is 19.3 Å². The summed E-state index contributed by atoms with van der Waals surface area (Å²) in [5, 5.41) is 0. The van der Waals surface area contributed by atoms with Gasteiger partial charge in [0, 0.05) is 12.0 Å². The van der Waals surface area contributed by atoms with Gasteiger partial charge in [0.25, 0.3) is 0 Å². The van der Waals surface area contributed by atoms with Crippen LogP contribution in [0.2, 0.25) is 0 Å². The van der Waals surface area contributed by atoms with Gasteiger partial charge in [-0.05, 0) is 26.7 Å². The summed E-state index contributed by atoms with van der Waals surface area (Å²) < 4.78 is 2.07. The molecule has 2 N–H and O–H groups in total. The minimum atomic E-state index is 0.412. The van der Waals surface area contributed by atoms with Crippen molar-refractivity contribution in [1.82, 2.24) is 9.55 Å². The number of hydrogen-bond donors (Lipinski definition) is 1. The summed E-state index contributed by atoms with van der Waals surface area (Å²) in [7, 11) is 0. The molecule has 0 unspecified atom stereocenters. The summed E-state index contributed by atoms with van der Waals surface area (Å²) in [5.74, 6) is 1.50. The molecule has 84 valence electrons. The Kier molecular flexibility index (Phi) is 2.98. The molecule has 0 aliphatic heterocycles. The molecule has 1 aromatic heterocycles. The second kappa shape index (κ2) is 4.25. The van der Waals surface area contributed by atoms with E-state index in [9.17, 15) is 0 Å². The molecule has 1 fully saturated rings. The van der Waals surface area contributed by atoms with Crippen molar-refractivity contribution in [2.75, 3.05) is 5.73 Å². The van der Waals surface area contributed by atoms with Gasteiger partial charge in [0.1, 0.15) is 5.82 Å². The molecule has 1 saturated carbocycles. The molecule has 15 heavy (non-hydrogen) atoms. The lowest BCUT2D eigenvalue weighted by atomic mass is 9.87. The molecule has 1 aromatic rings. The van der Waals surface area contributed by atoms with Crippen LogP contribution in [-0.2, 0) is 0 Å². The van der Waals surface area contributed by atoms with Gasteiger partial charge in [-0.3, -0.25) is 0 Å². The zero-order valence-corrected chi connectivity index (χ0v) is 9.74. The predicted molar refractivity (Wildman–Crippen MR) is 62.9 cm³/mol. The Morgan fingerprint density at radius 2 is 2.00 bits per heavy atom. The van der Waals surface area contributed by atoms with Crippen LogP contribution in [0.5, 0.6) is 0 Å². The normalized spacial score (nSPS) is 18.6. The molecule has 1 aliphatic carbocycles. The van der Waals surface area contributed by atoms with E-state index in [1.807, 2.05) is 6.33 Å². The van der Waals surface area contributed by atoms with Gasteiger partial charge in [0.15, 0.2) is 0 Å². The van der Waals surface area contributed by atoms with E-state index in [4.69, 9.17) is 5.73 Å². The standard InChI is InChI=1S/C12H21N3/c1-9(2)15-8-14-11(12(15)13)10-6-4-3-5-7-10/h8-10H,3-7,13H2,1-2H3. The quantitative estimate of drug-likeness (QED) is 0.809. The molecule has 0 aromatic carbocycles. The largest absolute Gasteiger partial charge is 0.384 e. The van der Waals surface area contributed by atoms with Gasteiger partial charge in [-0.15, -0.1) is 0 Å². The molecule has 0 amide bonds. The predicted octanol–water partition coefficient (Wildman–Crippen LogP) is 3.09. The molecule has 3 heteroatoms. The van der Waals surface area contributed by atoms with E-state index in [0.29, 0.717) is 12.0 Å². The molecule has 0 bridgehead atoms. The Bertz CT molecular complexity index is 322. The van der Waals surface area contributed by atoms with Crippen LogP contribution >= 0.6 is 0 Å². The Morgan fingerprint density at radius 3 is 2.53 bits per heavy atom. The average Bonchev–Trinajstić information content (AvgIpc) is 2.61. The second-order valence-electron chi connectivity index (χ2n) is 4.85. The van der Waals surface area contributed by atoms with Gasteiger partial charge in [-0.25, -0.2) is 4.98 Å². The summed E-state index contributed by atoms with van der Waals surface area (Å²) >= 11 is 0. The number of nitrogens with zero attached hydrogens (tertiary/aromatic N) is 2. The number of nitrogen functional groups attached to an aromatic ring is 1. The SMILES string of the molecule is CC(C)n1cnc(C2CCCCC2)c1N. The monoisotopic (exact) mass is 207 g/mol. The smallest absolute Gasteiger partial charge is 0.127 e. The van der Waals surface area contributed by atoms with Crippen LogP contribution in [-0.4, -0.2) is 9.55 Å². The third-order valence-corrected chi connectivity index (χ3v) is 3.41. The van der Waals surface area contributed by atoms with E-state index in [0.717, 1.165) is 11.5 Å². The van der Waals surface area contributed by atoms with Crippen LogP contribution in [0.1, 0.15) is 63.6 Å². The molecular weight excluding hydrogens is 186 g/mol. The summed E-state index contributed by atoms with van der Waals surface area (Å²) in [5.41, 5.74) is 7.28. The minimum Gasteiger partial charge on any atom is -0.384 e. The third kappa shape index (κ3) is 2.01. The number of imidazole rings is 1. The molecule has 0 radical (unpaired) electrons. The van der Waals surface area contributed by atoms with E-state index in [1.165, 1.54) is 32.1 Å². The van der Waals surface area contributed by atoms with Crippen LogP contribution in [0.3, 0.4) is 0 Å². The minimum absolute atomic E-state index is 0.412. The van der Waals surface area contributed by atoms with Gasteiger partial charge in [0.05, 0.1) is 12.0 Å². The molecule has 2 rings (SSSR count). The molecular formula is C12H21N3. The van der Waals surface area contributed by atoms with Crippen LogP contribution in [0.15, 0.2) is 6.33 Å². The molecule has 1 heterocycles. The fraction of sp³-hybridized carbons (Fsp3) is 0.750. The Morgan fingerprint density at radius 1 is 1.33 bits per heavy atom. The number of rotatable bonds is 2. The third-order valence-electron chi connectivity index (χ3n) is 3.41. The summed E-state index contributed by atoms with van der Waals surface area (Å²) in [6, 6.07) is 0.412. The number of aromatic nitrogens is 2. The topological polar surface area (TPSA) is 43.8 Å². The Balaban J connectivity index is 2.20. The first-order valence-electron chi connectivity index (χ1n) is 6.02. The molecule has 1 aliphatic rings. The first-order chi connectivity index (χ1) is 7.20. The highest BCUT2D eigenvalue weighted by Crippen LogP contribution is 2.35. The number of nitrogens with two attached hydrogens (primary N) is 1. The average molecular weight is 207 g/mol. The zero-order valence-electron chi connectivity index (χ0n) is 9.74. The molecule has 0 atom stereocenters. The molecule has 0 saturated heterocycles. The number of anilines is 1. The summed E-state index contributed by atoms with van der Waals surface area (Å²) in [4.78, 5) is 4.50. The molecule has 0 spiro atoms. The van der Waals surface area contributed by atoms with Crippen molar-refractivity contribution in [2.45, 2.75) is 57.9 Å². The van der Waals surface area contributed by atoms with Crippen molar-refractivity contribution in [3.63, 3.8) is 0 Å². The lowest BCUT2D eigenvalue weighted by Gasteiger charge is -2.20. The van der Waals surface area contributed by atoms with E-state index >= 15 is 0 Å². The number of hydrogen-bond acceptors (Lipinski definition) is 2. The Labute approximate surface area is 91.7 Å². The zero-order chi connectivity index (χ0) is 10.8. The van der Waals surface area contributed by atoms with Crippen LogP contribution in [0.25, 0.3) is 0 Å². The lowest BCUT2D eigenvalue weighted by molar-refractivity contribution is 0.438. The van der Waals surface area contributed by atoms with E-state index in [1.54, 1.807) is 0 Å². The first-order valence-corrected chi connectivity index (χ1v) is 6.02. The van der Waals surface area contributed by atoms with E-state index in [2.05, 4.69) is 23.4 Å². The van der Waals surface area contributed by atoms with Gasteiger partial charge in [0.2, 0.25) is 0 Å². The maximum absolute atomic E-state index is 6.14. The maximum atomic E-state index is 6.14. The first kappa shape index (κ1) is 10.5. The Hall–Kier alpha value is -0.990. The highest BCUT2D eigenvalue weighted by molar-refractivity contribution is 5.39. The van der Waals surface area contributed by atoms with Crippen molar-refractivity contribution in [2.24, 2.45) is 0 Å². The fourth-order valence-electron chi connectivity index (χ4n) is 2.49. The van der Waals surface area contributed by atoms with Crippen molar-refractivity contribution in [1.29, 1.82) is 0 Å².